The fourth-order valence-electron chi connectivity index (χ4n) is 1.12. The van der Waals surface area contributed by atoms with Gasteiger partial charge in [-0.1, -0.05) is 36.8 Å². The van der Waals surface area contributed by atoms with E-state index in [1.165, 1.54) is 5.56 Å². The highest BCUT2D eigenvalue weighted by atomic mass is 16.5. The summed E-state index contributed by atoms with van der Waals surface area (Å²) in [6.45, 7) is 4.39. The second kappa shape index (κ2) is 9.31. The van der Waals surface area contributed by atoms with Crippen molar-refractivity contribution in [3.8, 4) is 0 Å². The molecule has 0 amide bonds. The van der Waals surface area contributed by atoms with Gasteiger partial charge in [0.2, 0.25) is 0 Å². The van der Waals surface area contributed by atoms with Crippen LogP contribution < -0.4 is 0 Å². The molecular formula is C13H16O4. The Morgan fingerprint density at radius 2 is 1.76 bits per heavy atom. The van der Waals surface area contributed by atoms with Crippen molar-refractivity contribution in [2.75, 3.05) is 0 Å². The summed E-state index contributed by atoms with van der Waals surface area (Å²) in [5.41, 5.74) is 2.26. The van der Waals surface area contributed by atoms with Gasteiger partial charge in [-0.25, -0.2) is 0 Å². The summed E-state index contributed by atoms with van der Waals surface area (Å²) in [5.74, 6) is -0.118. The van der Waals surface area contributed by atoms with Gasteiger partial charge < -0.3 is 4.74 Å². The molecule has 1 aromatic carbocycles. The van der Waals surface area contributed by atoms with E-state index >= 15 is 0 Å². The van der Waals surface area contributed by atoms with Gasteiger partial charge in [-0.15, -0.1) is 0 Å². The van der Waals surface area contributed by atoms with Crippen LogP contribution in [0.4, 0.5) is 0 Å². The Morgan fingerprint density at radius 1 is 1.24 bits per heavy atom. The van der Waals surface area contributed by atoms with Crippen LogP contribution in [-0.2, 0) is 25.7 Å². The van der Waals surface area contributed by atoms with E-state index in [1.54, 1.807) is 0 Å². The largest absolute Gasteiger partial charge is 0.461 e. The Balaban J connectivity index is 0.000000770. The predicted molar refractivity (Wildman–Crippen MR) is 60.9 cm³/mol. The Morgan fingerprint density at radius 3 is 2.24 bits per heavy atom. The molecule has 0 N–H and O–H groups in total. The summed E-state index contributed by atoms with van der Waals surface area (Å²) in [6, 6.07) is 8.00. The lowest BCUT2D eigenvalue weighted by Gasteiger charge is -2.03. The Kier molecular flexibility index (Phi) is 8.25. The Bertz CT molecular complexity index is 362. The average molecular weight is 236 g/mol. The molecular weight excluding hydrogens is 220 g/mol. The summed E-state index contributed by atoms with van der Waals surface area (Å²) < 4.78 is 5.07. The molecule has 0 heterocycles. The molecule has 0 aliphatic heterocycles. The van der Waals surface area contributed by atoms with Crippen LogP contribution >= 0.6 is 0 Å². The molecule has 0 aliphatic carbocycles. The standard InChI is InChI=1S/C12H16O2.CO2/c1-3-4-12(13)14-9-11-7-5-10(2)6-8-11;2-1-3/h5-8H,3-4,9H2,1-2H3;. The van der Waals surface area contributed by atoms with Crippen molar-refractivity contribution in [2.45, 2.75) is 33.3 Å². The number of hydrogen-bond acceptors (Lipinski definition) is 4. The minimum atomic E-state index is -0.118. The third kappa shape index (κ3) is 7.94. The van der Waals surface area contributed by atoms with E-state index in [9.17, 15) is 4.79 Å². The van der Waals surface area contributed by atoms with Gasteiger partial charge in [0.15, 0.2) is 0 Å². The van der Waals surface area contributed by atoms with Crippen molar-refractivity contribution in [3.63, 3.8) is 0 Å². The van der Waals surface area contributed by atoms with E-state index in [0.717, 1.165) is 12.0 Å². The van der Waals surface area contributed by atoms with Crippen molar-refractivity contribution in [1.82, 2.24) is 0 Å². The number of carbonyl (C=O) groups is 1. The van der Waals surface area contributed by atoms with Gasteiger partial charge in [-0.2, -0.15) is 9.59 Å². The highest BCUT2D eigenvalue weighted by Gasteiger charge is 2.00. The molecule has 0 saturated carbocycles. The molecule has 4 heteroatoms. The van der Waals surface area contributed by atoms with Crippen LogP contribution in [0.3, 0.4) is 0 Å². The Labute approximate surface area is 101 Å². The van der Waals surface area contributed by atoms with Gasteiger partial charge in [0.25, 0.3) is 0 Å². The number of esters is 1. The Hall–Kier alpha value is -1.93. The normalized spacial score (nSPS) is 8.59. The first-order valence-corrected chi connectivity index (χ1v) is 5.34. The molecule has 0 atom stereocenters. The summed E-state index contributed by atoms with van der Waals surface area (Å²) in [4.78, 5) is 27.3. The molecule has 0 saturated heterocycles. The van der Waals surface area contributed by atoms with Gasteiger partial charge >= 0.3 is 12.1 Å². The smallest absolute Gasteiger partial charge is 0.373 e. The summed E-state index contributed by atoms with van der Waals surface area (Å²) >= 11 is 0. The van der Waals surface area contributed by atoms with Crippen LogP contribution in [0, 0.1) is 6.92 Å². The number of hydrogen-bond donors (Lipinski definition) is 0. The van der Waals surface area contributed by atoms with E-state index in [0.29, 0.717) is 13.0 Å². The minimum Gasteiger partial charge on any atom is -0.461 e. The maximum absolute atomic E-state index is 11.1. The number of aryl methyl sites for hydroxylation is 1. The third-order valence-electron chi connectivity index (χ3n) is 1.97. The molecule has 4 nitrogen and oxygen atoms in total. The van der Waals surface area contributed by atoms with Gasteiger partial charge in [0, 0.05) is 6.42 Å². The monoisotopic (exact) mass is 236 g/mol. The molecule has 17 heavy (non-hydrogen) atoms. The van der Waals surface area contributed by atoms with E-state index in [1.807, 2.05) is 38.1 Å². The fraction of sp³-hybridized carbons (Fsp3) is 0.385. The SMILES string of the molecule is CCCC(=O)OCc1ccc(C)cc1.O=C=O. The maximum Gasteiger partial charge on any atom is 0.373 e. The van der Waals surface area contributed by atoms with Crippen molar-refractivity contribution in [1.29, 1.82) is 0 Å². The number of rotatable bonds is 4. The first kappa shape index (κ1) is 15.1. The predicted octanol–water partition coefficient (Wildman–Crippen LogP) is 2.25. The van der Waals surface area contributed by atoms with Crippen LogP contribution in [0.5, 0.6) is 0 Å². The topological polar surface area (TPSA) is 60.4 Å². The summed E-state index contributed by atoms with van der Waals surface area (Å²) in [5, 5.41) is 0. The second-order valence-corrected chi connectivity index (χ2v) is 3.48. The lowest BCUT2D eigenvalue weighted by atomic mass is 10.2. The number of benzene rings is 1. The molecule has 0 fully saturated rings. The first-order valence-electron chi connectivity index (χ1n) is 5.34. The molecule has 1 rings (SSSR count). The van der Waals surface area contributed by atoms with E-state index < -0.39 is 0 Å². The maximum atomic E-state index is 11.1. The summed E-state index contributed by atoms with van der Waals surface area (Å²) in [7, 11) is 0. The fourth-order valence-corrected chi connectivity index (χ4v) is 1.12. The van der Waals surface area contributed by atoms with Crippen molar-refractivity contribution in [2.24, 2.45) is 0 Å². The van der Waals surface area contributed by atoms with Crippen molar-refractivity contribution in [3.05, 3.63) is 35.4 Å². The zero-order chi connectivity index (χ0) is 13.1. The van der Waals surface area contributed by atoms with Crippen LogP contribution in [0.25, 0.3) is 0 Å². The van der Waals surface area contributed by atoms with Gasteiger partial charge in [0.1, 0.15) is 6.61 Å². The van der Waals surface area contributed by atoms with E-state index in [-0.39, 0.29) is 12.1 Å². The average Bonchev–Trinajstić information content (AvgIpc) is 2.30. The molecule has 0 radical (unpaired) electrons. The quantitative estimate of drug-likeness (QED) is 0.752. The molecule has 92 valence electrons. The van der Waals surface area contributed by atoms with Gasteiger partial charge in [-0.05, 0) is 18.9 Å². The van der Waals surface area contributed by atoms with Crippen LogP contribution in [0.1, 0.15) is 30.9 Å². The lowest BCUT2D eigenvalue weighted by molar-refractivity contribution is -0.191. The zero-order valence-corrected chi connectivity index (χ0v) is 10.1. The highest BCUT2D eigenvalue weighted by Crippen LogP contribution is 2.05. The van der Waals surface area contributed by atoms with Crippen molar-refractivity contribution >= 4 is 12.1 Å². The van der Waals surface area contributed by atoms with Crippen LogP contribution in [-0.4, -0.2) is 12.1 Å². The molecule has 0 spiro atoms. The van der Waals surface area contributed by atoms with E-state index in [2.05, 4.69) is 0 Å². The highest BCUT2D eigenvalue weighted by molar-refractivity contribution is 5.69. The summed E-state index contributed by atoms with van der Waals surface area (Å²) in [6.07, 6.45) is 1.60. The molecule has 0 unspecified atom stereocenters. The molecule has 0 bridgehead atoms. The second-order valence-electron chi connectivity index (χ2n) is 3.48. The molecule has 0 aliphatic rings. The van der Waals surface area contributed by atoms with Gasteiger partial charge in [0.05, 0.1) is 0 Å². The number of carbonyl (C=O) groups excluding carboxylic acids is 3. The zero-order valence-electron chi connectivity index (χ0n) is 10.1. The van der Waals surface area contributed by atoms with Crippen LogP contribution in [0.15, 0.2) is 24.3 Å². The molecule has 0 aromatic heterocycles. The number of ether oxygens (including phenoxy) is 1. The minimum absolute atomic E-state index is 0.118. The lowest BCUT2D eigenvalue weighted by Crippen LogP contribution is -2.03. The first-order chi connectivity index (χ1) is 8.13. The molecule has 1 aromatic rings. The van der Waals surface area contributed by atoms with Crippen molar-refractivity contribution < 1.29 is 19.1 Å². The van der Waals surface area contributed by atoms with E-state index in [4.69, 9.17) is 14.3 Å². The third-order valence-corrected chi connectivity index (χ3v) is 1.97. The van der Waals surface area contributed by atoms with Crippen LogP contribution in [0.2, 0.25) is 0 Å². The van der Waals surface area contributed by atoms with Gasteiger partial charge in [-0.3, -0.25) is 4.79 Å².